The van der Waals surface area contributed by atoms with Crippen LogP contribution in [-0.4, -0.2) is 28.9 Å². The van der Waals surface area contributed by atoms with Crippen molar-refractivity contribution >= 4 is 33.4 Å². The van der Waals surface area contributed by atoms with Crippen LogP contribution in [0.4, 0.5) is 0 Å². The van der Waals surface area contributed by atoms with Crippen molar-refractivity contribution in [1.82, 2.24) is 19.5 Å². The molecular formula is C21H31ClN4O2S2. The summed E-state index contributed by atoms with van der Waals surface area (Å²) in [5, 5.41) is 10.1. The fourth-order valence-corrected chi connectivity index (χ4v) is 6.41. The first-order valence-electron chi connectivity index (χ1n) is 10.7. The summed E-state index contributed by atoms with van der Waals surface area (Å²) in [5.41, 5.74) is 0. The molecule has 166 valence electrons. The van der Waals surface area contributed by atoms with E-state index in [-0.39, 0.29) is 4.90 Å². The van der Waals surface area contributed by atoms with Gasteiger partial charge in [0.2, 0.25) is 10.0 Å². The fourth-order valence-electron chi connectivity index (χ4n) is 3.89. The van der Waals surface area contributed by atoms with Crippen molar-refractivity contribution < 1.29 is 8.42 Å². The van der Waals surface area contributed by atoms with Crippen molar-refractivity contribution in [3.05, 3.63) is 35.1 Å². The Hall–Kier alpha value is -1.09. The molecule has 0 radical (unpaired) electrons. The van der Waals surface area contributed by atoms with Gasteiger partial charge in [-0.2, -0.15) is 0 Å². The van der Waals surface area contributed by atoms with E-state index in [4.69, 9.17) is 11.6 Å². The first kappa shape index (κ1) is 23.6. The standard InChI is InChI=1S/C21H31ClN4O2S2/c1-3-26-20(16(2)25-30(27,28)19-13-11-18(22)12-14-19)23-24-21(26)29-15-17-9-7-5-4-6-8-10-17/h11-14,16-17,25H,3-10,15H2,1-2H3/t16-/m1/s1. The first-order valence-corrected chi connectivity index (χ1v) is 13.6. The SMILES string of the molecule is CCn1c(SCC2CCCCCCC2)nnc1[C@@H](C)NS(=O)(=O)c1ccc(Cl)cc1. The van der Waals surface area contributed by atoms with Crippen LogP contribution in [0.15, 0.2) is 34.3 Å². The lowest BCUT2D eigenvalue weighted by Gasteiger charge is -2.19. The maximum atomic E-state index is 12.7. The van der Waals surface area contributed by atoms with Crippen LogP contribution < -0.4 is 4.72 Å². The number of halogens is 1. The van der Waals surface area contributed by atoms with E-state index in [0.717, 1.165) is 16.8 Å². The second-order valence-corrected chi connectivity index (χ2v) is 11.0. The van der Waals surface area contributed by atoms with Gasteiger partial charge in [-0.25, -0.2) is 13.1 Å². The Morgan fingerprint density at radius 2 is 1.77 bits per heavy atom. The van der Waals surface area contributed by atoms with Crippen molar-refractivity contribution in [2.24, 2.45) is 5.92 Å². The molecule has 30 heavy (non-hydrogen) atoms. The molecule has 1 aliphatic carbocycles. The summed E-state index contributed by atoms with van der Waals surface area (Å²) >= 11 is 7.62. The molecule has 0 unspecified atom stereocenters. The third-order valence-electron chi connectivity index (χ3n) is 5.58. The lowest BCUT2D eigenvalue weighted by atomic mass is 9.93. The van der Waals surface area contributed by atoms with Gasteiger partial charge in [-0.05, 0) is 56.9 Å². The molecule has 1 aliphatic rings. The van der Waals surface area contributed by atoms with Crippen molar-refractivity contribution in [3.8, 4) is 0 Å². The Morgan fingerprint density at radius 3 is 2.40 bits per heavy atom. The minimum absolute atomic E-state index is 0.181. The molecule has 0 saturated heterocycles. The molecule has 0 bridgehead atoms. The maximum absolute atomic E-state index is 12.7. The topological polar surface area (TPSA) is 76.9 Å². The largest absolute Gasteiger partial charge is 0.305 e. The molecule has 9 heteroatoms. The molecule has 0 aliphatic heterocycles. The summed E-state index contributed by atoms with van der Waals surface area (Å²) in [4.78, 5) is 0.181. The molecule has 1 aromatic carbocycles. The van der Waals surface area contributed by atoms with Gasteiger partial charge in [0, 0.05) is 17.3 Å². The molecule has 2 aromatic rings. The highest BCUT2D eigenvalue weighted by Gasteiger charge is 2.24. The van der Waals surface area contributed by atoms with Crippen molar-refractivity contribution in [2.45, 2.75) is 81.4 Å². The Bertz CT molecular complexity index is 908. The van der Waals surface area contributed by atoms with Crippen molar-refractivity contribution in [3.63, 3.8) is 0 Å². The van der Waals surface area contributed by atoms with Crippen LogP contribution in [0.3, 0.4) is 0 Å². The molecule has 3 rings (SSSR count). The van der Waals surface area contributed by atoms with E-state index in [1.807, 2.05) is 11.5 Å². The van der Waals surface area contributed by atoms with Gasteiger partial charge in [0.1, 0.15) is 0 Å². The van der Waals surface area contributed by atoms with Gasteiger partial charge in [-0.1, -0.05) is 55.5 Å². The van der Waals surface area contributed by atoms with Crippen LogP contribution in [0, 0.1) is 5.92 Å². The van der Waals surface area contributed by atoms with Gasteiger partial charge < -0.3 is 4.57 Å². The molecule has 1 saturated carbocycles. The monoisotopic (exact) mass is 470 g/mol. The lowest BCUT2D eigenvalue weighted by Crippen LogP contribution is -2.29. The second kappa shape index (κ2) is 11.0. The van der Waals surface area contributed by atoms with Gasteiger partial charge >= 0.3 is 0 Å². The number of sulfonamides is 1. The second-order valence-electron chi connectivity index (χ2n) is 7.90. The van der Waals surface area contributed by atoms with Crippen LogP contribution in [0.5, 0.6) is 0 Å². The highest BCUT2D eigenvalue weighted by atomic mass is 35.5. The summed E-state index contributed by atoms with van der Waals surface area (Å²) in [6.45, 7) is 4.53. The summed E-state index contributed by atoms with van der Waals surface area (Å²) in [7, 11) is -3.67. The molecule has 1 heterocycles. The van der Waals surface area contributed by atoms with Crippen LogP contribution >= 0.6 is 23.4 Å². The van der Waals surface area contributed by atoms with Crippen LogP contribution in [0.2, 0.25) is 5.02 Å². The molecule has 0 amide bonds. The third-order valence-corrected chi connectivity index (χ3v) is 8.58. The summed E-state index contributed by atoms with van der Waals surface area (Å²) in [6.07, 6.45) is 9.29. The van der Waals surface area contributed by atoms with E-state index < -0.39 is 16.1 Å². The van der Waals surface area contributed by atoms with Crippen LogP contribution in [0.25, 0.3) is 0 Å². The zero-order valence-corrected chi connectivity index (χ0v) is 20.1. The number of hydrogen-bond acceptors (Lipinski definition) is 5. The van der Waals surface area contributed by atoms with Gasteiger partial charge in [0.15, 0.2) is 11.0 Å². The van der Waals surface area contributed by atoms with Crippen molar-refractivity contribution in [1.29, 1.82) is 0 Å². The van der Waals surface area contributed by atoms with Crippen LogP contribution in [-0.2, 0) is 16.6 Å². The lowest BCUT2D eigenvalue weighted by molar-refractivity contribution is 0.409. The number of hydrogen-bond donors (Lipinski definition) is 1. The molecule has 6 nitrogen and oxygen atoms in total. The molecule has 0 spiro atoms. The predicted molar refractivity (Wildman–Crippen MR) is 122 cm³/mol. The van der Waals surface area contributed by atoms with E-state index in [1.54, 1.807) is 30.8 Å². The molecule has 1 fully saturated rings. The highest BCUT2D eigenvalue weighted by molar-refractivity contribution is 7.99. The predicted octanol–water partition coefficient (Wildman–Crippen LogP) is 5.44. The van der Waals surface area contributed by atoms with Gasteiger partial charge in [0.05, 0.1) is 10.9 Å². The number of rotatable bonds is 8. The molecular weight excluding hydrogens is 440 g/mol. The Balaban J connectivity index is 1.67. The van der Waals surface area contributed by atoms with E-state index in [1.165, 1.54) is 57.1 Å². The zero-order valence-electron chi connectivity index (χ0n) is 17.7. The molecule has 1 aromatic heterocycles. The maximum Gasteiger partial charge on any atom is 0.241 e. The summed E-state index contributed by atoms with van der Waals surface area (Å²) in [5.74, 6) is 2.40. The average Bonchev–Trinajstić information content (AvgIpc) is 3.10. The summed E-state index contributed by atoms with van der Waals surface area (Å²) < 4.78 is 30.1. The zero-order chi connectivity index (χ0) is 21.6. The van der Waals surface area contributed by atoms with Crippen molar-refractivity contribution in [2.75, 3.05) is 5.75 Å². The Kier molecular flexibility index (Phi) is 8.62. The normalized spacial score (nSPS) is 17.4. The van der Waals surface area contributed by atoms with Gasteiger partial charge in [-0.15, -0.1) is 10.2 Å². The Morgan fingerprint density at radius 1 is 1.13 bits per heavy atom. The number of benzene rings is 1. The minimum atomic E-state index is -3.67. The molecule has 1 atom stereocenters. The molecule has 1 N–H and O–H groups in total. The van der Waals surface area contributed by atoms with Crippen LogP contribution in [0.1, 0.15) is 70.7 Å². The quantitative estimate of drug-likeness (QED) is 0.519. The third kappa shape index (κ3) is 6.22. The fraction of sp³-hybridized carbons (Fsp3) is 0.619. The number of thioether (sulfide) groups is 1. The van der Waals surface area contributed by atoms with E-state index in [9.17, 15) is 8.42 Å². The smallest absolute Gasteiger partial charge is 0.241 e. The highest BCUT2D eigenvalue weighted by Crippen LogP contribution is 2.29. The van der Waals surface area contributed by atoms with Gasteiger partial charge in [-0.3, -0.25) is 0 Å². The summed E-state index contributed by atoms with van der Waals surface area (Å²) in [6, 6.07) is 5.64. The average molecular weight is 471 g/mol. The van der Waals surface area contributed by atoms with E-state index in [0.29, 0.717) is 17.4 Å². The Labute approximate surface area is 189 Å². The minimum Gasteiger partial charge on any atom is -0.305 e. The number of nitrogens with one attached hydrogen (secondary N) is 1. The van der Waals surface area contributed by atoms with E-state index >= 15 is 0 Å². The number of aromatic nitrogens is 3. The first-order chi connectivity index (χ1) is 14.4. The van der Waals surface area contributed by atoms with Gasteiger partial charge in [0.25, 0.3) is 0 Å². The van der Waals surface area contributed by atoms with E-state index in [2.05, 4.69) is 14.9 Å². The number of nitrogens with zero attached hydrogens (tertiary/aromatic N) is 3.